The van der Waals surface area contributed by atoms with Gasteiger partial charge < -0.3 is 9.47 Å². The predicted octanol–water partition coefficient (Wildman–Crippen LogP) is 0.688. The van der Waals surface area contributed by atoms with Crippen molar-refractivity contribution in [3.8, 4) is 0 Å². The smallest absolute Gasteiger partial charge is 0.242 e. The third-order valence-corrected chi connectivity index (χ3v) is 4.44. The Morgan fingerprint density at radius 3 is 2.84 bits per heavy atom. The summed E-state index contributed by atoms with van der Waals surface area (Å²) in [6.45, 7) is 2.82. The molecule has 106 valence electrons. The van der Waals surface area contributed by atoms with Crippen molar-refractivity contribution in [2.75, 3.05) is 12.8 Å². The maximum atomic E-state index is 12.2. The van der Waals surface area contributed by atoms with E-state index in [0.29, 0.717) is 0 Å². The fourth-order valence-corrected chi connectivity index (χ4v) is 3.25. The third-order valence-electron chi connectivity index (χ3n) is 3.44. The molecule has 1 saturated heterocycles. The Labute approximate surface area is 113 Å². The average molecular weight is 285 g/mol. The highest BCUT2D eigenvalue weighted by molar-refractivity contribution is 7.90. The number of carbonyl (C=O) groups excluding carboxylic acids is 1. The van der Waals surface area contributed by atoms with Gasteiger partial charge in [0.05, 0.1) is 0 Å². The molecule has 0 aromatic carbocycles. The highest BCUT2D eigenvalue weighted by Gasteiger charge is 2.24. The summed E-state index contributed by atoms with van der Waals surface area (Å²) in [5.74, 6) is -0.0462. The molecule has 1 aliphatic heterocycles. The SMILES string of the molecule is C[C@H]1CCCCN1C(=O)Cn1ccnc1S(C)(=O)=O. The molecule has 0 unspecified atom stereocenters. The van der Waals surface area contributed by atoms with Gasteiger partial charge in [0.1, 0.15) is 6.54 Å². The monoisotopic (exact) mass is 285 g/mol. The van der Waals surface area contributed by atoms with Crippen LogP contribution in [-0.4, -0.2) is 47.6 Å². The van der Waals surface area contributed by atoms with Crippen molar-refractivity contribution in [2.24, 2.45) is 0 Å². The van der Waals surface area contributed by atoms with E-state index in [1.807, 2.05) is 11.8 Å². The van der Waals surface area contributed by atoms with Crippen LogP contribution >= 0.6 is 0 Å². The second-order valence-electron chi connectivity index (χ2n) is 5.04. The van der Waals surface area contributed by atoms with Crippen LogP contribution in [0.1, 0.15) is 26.2 Å². The summed E-state index contributed by atoms with van der Waals surface area (Å²) in [6.07, 6.45) is 7.20. The Balaban J connectivity index is 2.13. The van der Waals surface area contributed by atoms with Gasteiger partial charge in [0, 0.05) is 31.2 Å². The van der Waals surface area contributed by atoms with Crippen LogP contribution in [0.3, 0.4) is 0 Å². The quantitative estimate of drug-likeness (QED) is 0.819. The Kier molecular flexibility index (Phi) is 3.93. The van der Waals surface area contributed by atoms with Crippen LogP contribution in [0.2, 0.25) is 0 Å². The van der Waals surface area contributed by atoms with Crippen LogP contribution in [0.15, 0.2) is 17.6 Å². The minimum atomic E-state index is -3.40. The highest BCUT2D eigenvalue weighted by Crippen LogP contribution is 2.17. The molecule has 0 aliphatic carbocycles. The number of sulfone groups is 1. The van der Waals surface area contributed by atoms with Gasteiger partial charge >= 0.3 is 0 Å². The van der Waals surface area contributed by atoms with E-state index in [9.17, 15) is 13.2 Å². The zero-order chi connectivity index (χ0) is 14.0. The van der Waals surface area contributed by atoms with Gasteiger partial charge in [-0.1, -0.05) is 0 Å². The molecule has 0 N–H and O–H groups in total. The van der Waals surface area contributed by atoms with Gasteiger partial charge in [0.15, 0.2) is 0 Å². The second-order valence-corrected chi connectivity index (χ2v) is 6.95. The number of amides is 1. The number of aromatic nitrogens is 2. The Morgan fingerprint density at radius 2 is 2.21 bits per heavy atom. The number of piperidine rings is 1. The fourth-order valence-electron chi connectivity index (χ4n) is 2.45. The number of nitrogens with zero attached hydrogens (tertiary/aromatic N) is 3. The van der Waals surface area contributed by atoms with E-state index < -0.39 is 9.84 Å². The summed E-state index contributed by atoms with van der Waals surface area (Å²) in [5, 5.41) is -0.0505. The lowest BCUT2D eigenvalue weighted by Crippen LogP contribution is -2.43. The van der Waals surface area contributed by atoms with E-state index in [2.05, 4.69) is 4.98 Å². The molecule has 1 atom stereocenters. The molecule has 7 heteroatoms. The first kappa shape index (κ1) is 14.0. The third kappa shape index (κ3) is 3.15. The molecule has 0 radical (unpaired) electrons. The molecule has 6 nitrogen and oxygen atoms in total. The molecule has 0 bridgehead atoms. The zero-order valence-corrected chi connectivity index (χ0v) is 12.1. The topological polar surface area (TPSA) is 72.3 Å². The predicted molar refractivity (Wildman–Crippen MR) is 70.4 cm³/mol. The van der Waals surface area contributed by atoms with Crippen LogP contribution < -0.4 is 0 Å². The molecule has 0 saturated carbocycles. The summed E-state index contributed by atoms with van der Waals surface area (Å²) >= 11 is 0. The summed E-state index contributed by atoms with van der Waals surface area (Å²) in [4.78, 5) is 17.9. The molecule has 1 aromatic rings. The van der Waals surface area contributed by atoms with Gasteiger partial charge in [-0.25, -0.2) is 13.4 Å². The minimum Gasteiger partial charge on any atom is -0.338 e. The Morgan fingerprint density at radius 1 is 1.47 bits per heavy atom. The number of rotatable bonds is 3. The minimum absolute atomic E-state index is 0.0345. The van der Waals surface area contributed by atoms with Crippen LogP contribution in [0.5, 0.6) is 0 Å². The zero-order valence-electron chi connectivity index (χ0n) is 11.2. The second kappa shape index (κ2) is 5.32. The lowest BCUT2D eigenvalue weighted by atomic mass is 10.0. The van der Waals surface area contributed by atoms with E-state index in [4.69, 9.17) is 0 Å². The number of likely N-dealkylation sites (tertiary alicyclic amines) is 1. The summed E-state index contributed by atoms with van der Waals surface area (Å²) < 4.78 is 24.5. The van der Waals surface area contributed by atoms with Crippen molar-refractivity contribution in [1.29, 1.82) is 0 Å². The molecule has 1 amide bonds. The van der Waals surface area contributed by atoms with Gasteiger partial charge in [0.25, 0.3) is 0 Å². The van der Waals surface area contributed by atoms with Crippen molar-refractivity contribution >= 4 is 15.7 Å². The highest BCUT2D eigenvalue weighted by atomic mass is 32.2. The van der Waals surface area contributed by atoms with Crippen molar-refractivity contribution in [3.05, 3.63) is 12.4 Å². The van der Waals surface area contributed by atoms with Gasteiger partial charge in [-0.3, -0.25) is 4.79 Å². The van der Waals surface area contributed by atoms with Crippen LogP contribution in [-0.2, 0) is 21.2 Å². The van der Waals surface area contributed by atoms with Crippen molar-refractivity contribution in [1.82, 2.24) is 14.5 Å². The normalized spacial score (nSPS) is 20.5. The van der Waals surface area contributed by atoms with Gasteiger partial charge in [-0.05, 0) is 26.2 Å². The lowest BCUT2D eigenvalue weighted by molar-refractivity contribution is -0.135. The van der Waals surface area contributed by atoms with Gasteiger partial charge in [-0.2, -0.15) is 0 Å². The molecule has 1 fully saturated rings. The lowest BCUT2D eigenvalue weighted by Gasteiger charge is -2.33. The largest absolute Gasteiger partial charge is 0.338 e. The first-order valence-corrected chi connectivity index (χ1v) is 8.29. The molecule has 2 heterocycles. The van der Waals surface area contributed by atoms with Crippen molar-refractivity contribution in [3.63, 3.8) is 0 Å². The maximum absolute atomic E-state index is 12.2. The van der Waals surface area contributed by atoms with Crippen LogP contribution in [0, 0.1) is 0 Å². The fraction of sp³-hybridized carbons (Fsp3) is 0.667. The maximum Gasteiger partial charge on any atom is 0.242 e. The standard InChI is InChI=1S/C12H19N3O3S/c1-10-5-3-4-7-15(10)11(16)9-14-8-6-13-12(14)19(2,17)18/h6,8,10H,3-5,7,9H2,1-2H3/t10-/m0/s1. The average Bonchev–Trinajstić information content (AvgIpc) is 2.77. The summed E-state index contributed by atoms with van der Waals surface area (Å²) in [5.41, 5.74) is 0. The van der Waals surface area contributed by atoms with Crippen LogP contribution in [0.4, 0.5) is 0 Å². The first-order valence-electron chi connectivity index (χ1n) is 6.40. The van der Waals surface area contributed by atoms with E-state index in [0.717, 1.165) is 32.1 Å². The van der Waals surface area contributed by atoms with E-state index in [-0.39, 0.29) is 23.7 Å². The molecule has 0 spiro atoms. The van der Waals surface area contributed by atoms with Crippen molar-refractivity contribution < 1.29 is 13.2 Å². The van der Waals surface area contributed by atoms with Gasteiger partial charge in [-0.15, -0.1) is 0 Å². The molecular formula is C12H19N3O3S. The summed E-state index contributed by atoms with van der Waals surface area (Å²) in [6, 6.07) is 0.228. The van der Waals surface area contributed by atoms with Crippen molar-refractivity contribution in [2.45, 2.75) is 43.9 Å². The van der Waals surface area contributed by atoms with Gasteiger partial charge in [0.2, 0.25) is 20.9 Å². The molecule has 1 aliphatic rings. The Hall–Kier alpha value is -1.37. The number of imidazole rings is 1. The number of hydrogen-bond acceptors (Lipinski definition) is 4. The van der Waals surface area contributed by atoms with E-state index >= 15 is 0 Å². The van der Waals surface area contributed by atoms with E-state index in [1.165, 1.54) is 17.0 Å². The number of hydrogen-bond donors (Lipinski definition) is 0. The molecular weight excluding hydrogens is 266 g/mol. The first-order chi connectivity index (χ1) is 8.89. The summed E-state index contributed by atoms with van der Waals surface area (Å²) in [7, 11) is -3.40. The Bertz CT molecular complexity index is 565. The number of carbonyl (C=O) groups is 1. The molecule has 19 heavy (non-hydrogen) atoms. The van der Waals surface area contributed by atoms with E-state index in [1.54, 1.807) is 0 Å². The van der Waals surface area contributed by atoms with Crippen LogP contribution in [0.25, 0.3) is 0 Å². The molecule has 2 rings (SSSR count). The molecule has 1 aromatic heterocycles.